The molecule has 0 radical (unpaired) electrons. The van der Waals surface area contributed by atoms with Gasteiger partial charge in [0.2, 0.25) is 0 Å². The molecule has 2 nitrogen and oxygen atoms in total. The van der Waals surface area contributed by atoms with Crippen LogP contribution in [0.1, 0.15) is 6.92 Å². The average Bonchev–Trinajstić information content (AvgIpc) is 2.43. The highest BCUT2D eigenvalue weighted by molar-refractivity contribution is 9.10. The fourth-order valence-electron chi connectivity index (χ4n) is 1.25. The Kier molecular flexibility index (Phi) is 3.04. The minimum Gasteiger partial charge on any atom is -0.237 e. The molecule has 0 amide bonds. The van der Waals surface area contributed by atoms with E-state index < -0.39 is 0 Å². The Morgan fingerprint density at radius 2 is 2.36 bits per heavy atom. The quantitative estimate of drug-likeness (QED) is 0.782. The van der Waals surface area contributed by atoms with Crippen molar-refractivity contribution in [3.63, 3.8) is 0 Å². The van der Waals surface area contributed by atoms with Crippen LogP contribution in [-0.2, 0) is 0 Å². The van der Waals surface area contributed by atoms with Gasteiger partial charge >= 0.3 is 0 Å². The van der Waals surface area contributed by atoms with Gasteiger partial charge in [-0.3, -0.25) is 0 Å². The lowest BCUT2D eigenvalue weighted by Crippen LogP contribution is -1.84. The van der Waals surface area contributed by atoms with Crippen LogP contribution in [0.25, 0.3) is 5.52 Å². The summed E-state index contributed by atoms with van der Waals surface area (Å²) in [6, 6.07) is 4.01. The van der Waals surface area contributed by atoms with E-state index in [0.717, 1.165) is 20.6 Å². The Labute approximate surface area is 99.8 Å². The van der Waals surface area contributed by atoms with E-state index in [0.29, 0.717) is 5.15 Å². The van der Waals surface area contributed by atoms with E-state index in [2.05, 4.69) is 28.0 Å². The Hall–Kier alpha value is -0.190. The summed E-state index contributed by atoms with van der Waals surface area (Å²) in [5, 5.41) is 4.80. The van der Waals surface area contributed by atoms with Gasteiger partial charge in [0.25, 0.3) is 0 Å². The minimum atomic E-state index is 0.579. The first-order valence-electron chi connectivity index (χ1n) is 4.18. The molecular formula is C9H8BrClN2S. The van der Waals surface area contributed by atoms with Crippen molar-refractivity contribution in [2.45, 2.75) is 11.8 Å². The first kappa shape index (κ1) is 10.3. The monoisotopic (exact) mass is 290 g/mol. The van der Waals surface area contributed by atoms with Gasteiger partial charge in [-0.05, 0) is 33.8 Å². The lowest BCUT2D eigenvalue weighted by Gasteiger charge is -1.96. The molecule has 2 rings (SSSR count). The van der Waals surface area contributed by atoms with Crippen LogP contribution in [0.5, 0.6) is 0 Å². The van der Waals surface area contributed by atoms with Gasteiger partial charge in [-0.2, -0.15) is 5.10 Å². The van der Waals surface area contributed by atoms with Crippen molar-refractivity contribution in [3.05, 3.63) is 28.0 Å². The third-order valence-corrected chi connectivity index (χ3v) is 3.62. The van der Waals surface area contributed by atoms with E-state index in [1.807, 2.05) is 18.3 Å². The van der Waals surface area contributed by atoms with Crippen molar-refractivity contribution < 1.29 is 0 Å². The fraction of sp³-hybridized carbons (Fsp3) is 0.222. The van der Waals surface area contributed by atoms with E-state index in [4.69, 9.17) is 11.6 Å². The molecule has 0 aliphatic carbocycles. The van der Waals surface area contributed by atoms with Crippen LogP contribution >= 0.6 is 39.3 Å². The number of nitrogens with zero attached hydrogens (tertiary/aromatic N) is 2. The van der Waals surface area contributed by atoms with E-state index in [1.165, 1.54) is 0 Å². The molecule has 2 aromatic heterocycles. The van der Waals surface area contributed by atoms with E-state index >= 15 is 0 Å². The molecule has 0 unspecified atom stereocenters. The van der Waals surface area contributed by atoms with Crippen LogP contribution in [0.2, 0.25) is 5.15 Å². The van der Waals surface area contributed by atoms with Crippen molar-refractivity contribution in [1.82, 2.24) is 9.61 Å². The summed E-state index contributed by atoms with van der Waals surface area (Å²) in [7, 11) is 0. The molecule has 0 fully saturated rings. The summed E-state index contributed by atoms with van der Waals surface area (Å²) in [5.41, 5.74) is 1.06. The summed E-state index contributed by atoms with van der Waals surface area (Å²) < 4.78 is 2.79. The van der Waals surface area contributed by atoms with Crippen LogP contribution in [-0.4, -0.2) is 15.4 Å². The number of hydrogen-bond donors (Lipinski definition) is 0. The molecule has 0 bridgehead atoms. The van der Waals surface area contributed by atoms with E-state index in [1.54, 1.807) is 16.3 Å². The van der Waals surface area contributed by atoms with Crippen LogP contribution in [0.4, 0.5) is 0 Å². The van der Waals surface area contributed by atoms with Crippen molar-refractivity contribution in [1.29, 1.82) is 0 Å². The van der Waals surface area contributed by atoms with Gasteiger partial charge < -0.3 is 0 Å². The van der Waals surface area contributed by atoms with Gasteiger partial charge in [0.05, 0.1) is 10.4 Å². The number of hydrogen-bond acceptors (Lipinski definition) is 2. The molecule has 0 saturated heterocycles. The second-order valence-electron chi connectivity index (χ2n) is 2.73. The van der Waals surface area contributed by atoms with Crippen LogP contribution < -0.4 is 0 Å². The molecule has 5 heteroatoms. The molecule has 74 valence electrons. The Balaban J connectivity index is 2.64. The SMILES string of the molecule is CCSc1c(Cl)nn2cc(Br)ccc12. The van der Waals surface area contributed by atoms with Crippen LogP contribution in [0.3, 0.4) is 0 Å². The van der Waals surface area contributed by atoms with Gasteiger partial charge in [0.1, 0.15) is 0 Å². The highest BCUT2D eigenvalue weighted by Gasteiger charge is 2.10. The molecule has 0 N–H and O–H groups in total. The predicted octanol–water partition coefficient (Wildman–Crippen LogP) is 3.86. The summed E-state index contributed by atoms with van der Waals surface area (Å²) in [4.78, 5) is 1.06. The van der Waals surface area contributed by atoms with Crippen LogP contribution in [0.15, 0.2) is 27.7 Å². The Morgan fingerprint density at radius 3 is 3.07 bits per heavy atom. The van der Waals surface area contributed by atoms with E-state index in [-0.39, 0.29) is 0 Å². The largest absolute Gasteiger partial charge is 0.237 e. The maximum atomic E-state index is 6.03. The van der Waals surface area contributed by atoms with E-state index in [9.17, 15) is 0 Å². The zero-order valence-corrected chi connectivity index (χ0v) is 10.7. The number of rotatable bonds is 2. The number of halogens is 2. The zero-order chi connectivity index (χ0) is 10.1. The highest BCUT2D eigenvalue weighted by atomic mass is 79.9. The molecule has 0 aliphatic rings. The Morgan fingerprint density at radius 1 is 1.57 bits per heavy atom. The summed E-state index contributed by atoms with van der Waals surface area (Å²) in [6.45, 7) is 2.10. The first-order chi connectivity index (χ1) is 6.72. The second-order valence-corrected chi connectivity index (χ2v) is 5.28. The maximum absolute atomic E-state index is 6.03. The lowest BCUT2D eigenvalue weighted by molar-refractivity contribution is 0.957. The first-order valence-corrected chi connectivity index (χ1v) is 6.34. The van der Waals surface area contributed by atoms with Gasteiger partial charge in [-0.1, -0.05) is 18.5 Å². The number of aromatic nitrogens is 2. The summed E-state index contributed by atoms with van der Waals surface area (Å²) >= 11 is 11.1. The molecule has 0 aliphatic heterocycles. The topological polar surface area (TPSA) is 17.3 Å². The predicted molar refractivity (Wildman–Crippen MR) is 64.3 cm³/mol. The normalized spacial score (nSPS) is 11.1. The lowest BCUT2D eigenvalue weighted by atomic mass is 10.4. The third-order valence-electron chi connectivity index (χ3n) is 1.80. The number of thioether (sulfide) groups is 1. The summed E-state index contributed by atoms with van der Waals surface area (Å²) in [5.74, 6) is 0.997. The van der Waals surface area contributed by atoms with Gasteiger partial charge in [-0.25, -0.2) is 4.52 Å². The van der Waals surface area contributed by atoms with Gasteiger partial charge in [0.15, 0.2) is 5.15 Å². The fourth-order valence-corrected chi connectivity index (χ4v) is 2.68. The minimum absolute atomic E-state index is 0.579. The van der Waals surface area contributed by atoms with Crippen molar-refractivity contribution in [2.75, 3.05) is 5.75 Å². The molecule has 2 heterocycles. The molecule has 14 heavy (non-hydrogen) atoms. The smallest absolute Gasteiger partial charge is 0.165 e. The van der Waals surface area contributed by atoms with Gasteiger partial charge in [-0.15, -0.1) is 11.8 Å². The van der Waals surface area contributed by atoms with Gasteiger partial charge in [0, 0.05) is 10.7 Å². The molecule has 0 atom stereocenters. The number of pyridine rings is 1. The molecule has 0 saturated carbocycles. The Bertz CT molecular complexity index is 469. The van der Waals surface area contributed by atoms with Crippen LogP contribution in [0, 0.1) is 0 Å². The maximum Gasteiger partial charge on any atom is 0.165 e. The average molecular weight is 292 g/mol. The van der Waals surface area contributed by atoms with Crippen molar-refractivity contribution >= 4 is 44.8 Å². The number of fused-ring (bicyclic) bond motifs is 1. The molecular weight excluding hydrogens is 284 g/mol. The highest BCUT2D eigenvalue weighted by Crippen LogP contribution is 2.31. The zero-order valence-electron chi connectivity index (χ0n) is 7.50. The summed E-state index contributed by atoms with van der Waals surface area (Å²) in [6.07, 6.45) is 1.90. The second kappa shape index (κ2) is 4.13. The molecule has 0 spiro atoms. The molecule has 2 aromatic rings. The molecule has 0 aromatic carbocycles. The van der Waals surface area contributed by atoms with Crippen molar-refractivity contribution in [2.24, 2.45) is 0 Å². The standard InChI is InChI=1S/C9H8BrClN2S/c1-2-14-8-7-4-3-6(10)5-13(7)12-9(8)11/h3-5H,2H2,1H3. The third kappa shape index (κ3) is 1.78. The van der Waals surface area contributed by atoms with Crippen molar-refractivity contribution in [3.8, 4) is 0 Å².